The molecule has 2 N–H and O–H groups in total. The number of ether oxygens (including phenoxy) is 1. The van der Waals surface area contributed by atoms with Gasteiger partial charge in [-0.2, -0.15) is 0 Å². The van der Waals surface area contributed by atoms with E-state index < -0.39 is 5.82 Å². The van der Waals surface area contributed by atoms with E-state index in [9.17, 15) is 4.39 Å². The third-order valence-corrected chi connectivity index (χ3v) is 3.42. The van der Waals surface area contributed by atoms with E-state index >= 15 is 0 Å². The van der Waals surface area contributed by atoms with Crippen LogP contribution in [0.15, 0.2) is 42.5 Å². The van der Waals surface area contributed by atoms with E-state index in [1.165, 1.54) is 6.07 Å². The maximum atomic E-state index is 13.9. The maximum absolute atomic E-state index is 13.9. The molecule has 112 valence electrons. The van der Waals surface area contributed by atoms with Crippen molar-refractivity contribution >= 4 is 11.6 Å². The number of hydrogen-bond donors (Lipinski definition) is 1. The summed E-state index contributed by atoms with van der Waals surface area (Å²) >= 11 is 5.79. The van der Waals surface area contributed by atoms with Gasteiger partial charge in [0.05, 0.1) is 11.1 Å². The van der Waals surface area contributed by atoms with Gasteiger partial charge in [-0.15, -0.1) is 0 Å². The monoisotopic (exact) mass is 307 g/mol. The zero-order valence-corrected chi connectivity index (χ0v) is 12.9. The van der Waals surface area contributed by atoms with Crippen molar-refractivity contribution in [1.82, 2.24) is 0 Å². The Balaban J connectivity index is 2.16. The Morgan fingerprint density at radius 3 is 2.62 bits per heavy atom. The zero-order chi connectivity index (χ0) is 15.4. The highest BCUT2D eigenvalue weighted by Gasteiger charge is 2.13. The average molecular weight is 308 g/mol. The summed E-state index contributed by atoms with van der Waals surface area (Å²) < 4.78 is 19.6. The zero-order valence-electron chi connectivity index (χ0n) is 12.1. The molecule has 0 spiro atoms. The summed E-state index contributed by atoms with van der Waals surface area (Å²) in [5.74, 6) is 0.369. The molecule has 0 aliphatic heterocycles. The Hall–Kier alpha value is -1.58. The summed E-state index contributed by atoms with van der Waals surface area (Å²) in [6, 6.07) is 12.2. The Kier molecular flexibility index (Phi) is 5.21. The fraction of sp³-hybridized carbons (Fsp3) is 0.294. The highest BCUT2D eigenvalue weighted by atomic mass is 35.5. The number of hydrogen-bond acceptors (Lipinski definition) is 2. The molecule has 0 saturated carbocycles. The van der Waals surface area contributed by atoms with E-state index in [0.717, 1.165) is 11.3 Å². The van der Waals surface area contributed by atoms with Gasteiger partial charge in [0.15, 0.2) is 0 Å². The van der Waals surface area contributed by atoms with Crippen LogP contribution in [0.25, 0.3) is 0 Å². The summed E-state index contributed by atoms with van der Waals surface area (Å²) in [5.41, 5.74) is 7.61. The second kappa shape index (κ2) is 6.92. The SMILES string of the molecule is CC(C)Oc1cccc(C(N)Cc2cccc(Cl)c2F)c1. The van der Waals surface area contributed by atoms with Crippen molar-refractivity contribution < 1.29 is 9.13 Å². The van der Waals surface area contributed by atoms with E-state index in [-0.39, 0.29) is 17.2 Å². The quantitative estimate of drug-likeness (QED) is 0.882. The van der Waals surface area contributed by atoms with Gasteiger partial charge in [0.2, 0.25) is 0 Å². The molecule has 2 aromatic rings. The van der Waals surface area contributed by atoms with Gasteiger partial charge in [-0.05, 0) is 49.6 Å². The fourth-order valence-corrected chi connectivity index (χ4v) is 2.35. The Bertz CT molecular complexity index is 615. The van der Waals surface area contributed by atoms with Crippen LogP contribution in [0.4, 0.5) is 4.39 Å². The molecule has 21 heavy (non-hydrogen) atoms. The molecule has 0 bridgehead atoms. The van der Waals surface area contributed by atoms with Crippen LogP contribution in [0.2, 0.25) is 5.02 Å². The molecule has 0 aliphatic carbocycles. The van der Waals surface area contributed by atoms with Crippen LogP contribution in [0, 0.1) is 5.82 Å². The Labute approximate surface area is 129 Å². The molecule has 0 heterocycles. The molecule has 0 radical (unpaired) electrons. The van der Waals surface area contributed by atoms with Crippen LogP contribution in [-0.4, -0.2) is 6.10 Å². The second-order valence-corrected chi connectivity index (χ2v) is 5.67. The van der Waals surface area contributed by atoms with Gasteiger partial charge in [0, 0.05) is 6.04 Å². The summed E-state index contributed by atoms with van der Waals surface area (Å²) in [6.45, 7) is 3.93. The lowest BCUT2D eigenvalue weighted by atomic mass is 9.99. The van der Waals surface area contributed by atoms with Gasteiger partial charge in [0.1, 0.15) is 11.6 Å². The first kappa shape index (κ1) is 15.8. The van der Waals surface area contributed by atoms with Crippen LogP contribution in [0.3, 0.4) is 0 Å². The maximum Gasteiger partial charge on any atom is 0.145 e. The van der Waals surface area contributed by atoms with E-state index in [4.69, 9.17) is 22.1 Å². The van der Waals surface area contributed by atoms with Crippen molar-refractivity contribution in [3.8, 4) is 5.75 Å². The number of nitrogens with two attached hydrogens (primary N) is 1. The largest absolute Gasteiger partial charge is 0.491 e. The lowest BCUT2D eigenvalue weighted by Crippen LogP contribution is -2.15. The molecular weight excluding hydrogens is 289 g/mol. The molecule has 0 aromatic heterocycles. The first-order chi connectivity index (χ1) is 9.97. The standard InChI is InChI=1S/C17H19ClFNO/c1-11(2)21-14-7-3-5-12(9-14)16(20)10-13-6-4-8-15(18)17(13)19/h3-9,11,16H,10,20H2,1-2H3. The highest BCUT2D eigenvalue weighted by molar-refractivity contribution is 6.30. The molecular formula is C17H19ClFNO. The number of halogens is 2. The molecule has 4 heteroatoms. The van der Waals surface area contributed by atoms with E-state index in [1.807, 2.05) is 38.1 Å². The molecule has 1 atom stereocenters. The van der Waals surface area contributed by atoms with Crippen molar-refractivity contribution in [1.29, 1.82) is 0 Å². The summed E-state index contributed by atoms with van der Waals surface area (Å²) in [5, 5.41) is 0.122. The lowest BCUT2D eigenvalue weighted by molar-refractivity contribution is 0.242. The highest BCUT2D eigenvalue weighted by Crippen LogP contribution is 2.25. The molecule has 0 aliphatic rings. The van der Waals surface area contributed by atoms with Crippen LogP contribution in [0.1, 0.15) is 31.0 Å². The first-order valence-electron chi connectivity index (χ1n) is 6.92. The van der Waals surface area contributed by atoms with Crippen molar-refractivity contribution in [2.24, 2.45) is 5.73 Å². The molecule has 0 saturated heterocycles. The lowest BCUT2D eigenvalue weighted by Gasteiger charge is -2.16. The van der Waals surface area contributed by atoms with Gasteiger partial charge in [-0.3, -0.25) is 0 Å². The first-order valence-corrected chi connectivity index (χ1v) is 7.30. The molecule has 2 aromatic carbocycles. The van der Waals surface area contributed by atoms with Crippen LogP contribution < -0.4 is 10.5 Å². The van der Waals surface area contributed by atoms with Crippen molar-refractivity contribution in [3.05, 3.63) is 64.4 Å². The summed E-state index contributed by atoms with van der Waals surface area (Å²) in [6.07, 6.45) is 0.485. The van der Waals surface area contributed by atoms with Gasteiger partial charge in [-0.1, -0.05) is 35.9 Å². The third kappa shape index (κ3) is 4.19. The van der Waals surface area contributed by atoms with Gasteiger partial charge in [-0.25, -0.2) is 4.39 Å². The van der Waals surface area contributed by atoms with Gasteiger partial charge < -0.3 is 10.5 Å². The van der Waals surface area contributed by atoms with Crippen molar-refractivity contribution in [3.63, 3.8) is 0 Å². The van der Waals surface area contributed by atoms with Gasteiger partial charge >= 0.3 is 0 Å². The van der Waals surface area contributed by atoms with E-state index in [1.54, 1.807) is 12.1 Å². The van der Waals surface area contributed by atoms with Crippen molar-refractivity contribution in [2.45, 2.75) is 32.4 Å². The smallest absolute Gasteiger partial charge is 0.145 e. The number of rotatable bonds is 5. The predicted octanol–water partition coefficient (Wildman–Crippen LogP) is 4.51. The molecule has 0 fully saturated rings. The van der Waals surface area contributed by atoms with Crippen LogP contribution in [0.5, 0.6) is 5.75 Å². The average Bonchev–Trinajstić information content (AvgIpc) is 2.43. The van der Waals surface area contributed by atoms with E-state index in [2.05, 4.69) is 0 Å². The number of benzene rings is 2. The second-order valence-electron chi connectivity index (χ2n) is 5.26. The fourth-order valence-electron chi connectivity index (χ4n) is 2.15. The minimum Gasteiger partial charge on any atom is -0.491 e. The summed E-state index contributed by atoms with van der Waals surface area (Å²) in [4.78, 5) is 0. The molecule has 1 unspecified atom stereocenters. The van der Waals surface area contributed by atoms with Crippen molar-refractivity contribution in [2.75, 3.05) is 0 Å². The third-order valence-electron chi connectivity index (χ3n) is 3.13. The predicted molar refractivity (Wildman–Crippen MR) is 84.2 cm³/mol. The minimum atomic E-state index is -0.399. The molecule has 2 rings (SSSR count). The normalized spacial score (nSPS) is 12.5. The Morgan fingerprint density at radius 2 is 1.90 bits per heavy atom. The minimum absolute atomic E-state index is 0.0989. The summed E-state index contributed by atoms with van der Waals surface area (Å²) in [7, 11) is 0. The van der Waals surface area contributed by atoms with Crippen LogP contribution >= 0.6 is 11.6 Å². The van der Waals surface area contributed by atoms with E-state index in [0.29, 0.717) is 12.0 Å². The molecule has 0 amide bonds. The molecule has 2 nitrogen and oxygen atoms in total. The topological polar surface area (TPSA) is 35.2 Å². The van der Waals surface area contributed by atoms with Gasteiger partial charge in [0.25, 0.3) is 0 Å². The van der Waals surface area contributed by atoms with Crippen LogP contribution in [-0.2, 0) is 6.42 Å². The Morgan fingerprint density at radius 1 is 1.19 bits per heavy atom.